The van der Waals surface area contributed by atoms with Gasteiger partial charge in [0.15, 0.2) is 0 Å². The molecule has 1 atom stereocenters. The van der Waals surface area contributed by atoms with E-state index in [0.29, 0.717) is 11.5 Å². The zero-order chi connectivity index (χ0) is 14.0. The second-order valence-electron chi connectivity index (χ2n) is 6.27. The van der Waals surface area contributed by atoms with Crippen LogP contribution in [0.2, 0.25) is 0 Å². The molecule has 0 saturated carbocycles. The van der Waals surface area contributed by atoms with Crippen molar-refractivity contribution in [3.63, 3.8) is 0 Å². The van der Waals surface area contributed by atoms with Gasteiger partial charge in [-0.05, 0) is 19.3 Å². The molecule has 1 heterocycles. The number of unbranched alkanes of at least 4 members (excludes halogenated alkanes) is 4. The van der Waals surface area contributed by atoms with E-state index in [9.17, 15) is 0 Å². The van der Waals surface area contributed by atoms with E-state index in [1.165, 1.54) is 57.8 Å². The third-order valence-corrected chi connectivity index (χ3v) is 4.45. The Balaban J connectivity index is 2.23. The lowest BCUT2D eigenvalue weighted by molar-refractivity contribution is -0.161. The highest BCUT2D eigenvalue weighted by atomic mass is 16.5. The molecule has 0 aromatic rings. The summed E-state index contributed by atoms with van der Waals surface area (Å²) in [6.07, 6.45) is 12.1. The average molecular weight is 270 g/mol. The molecule has 1 aliphatic heterocycles. The monoisotopic (exact) mass is 270 g/mol. The molecule has 0 amide bonds. The molecule has 1 aliphatic rings. The van der Waals surface area contributed by atoms with Gasteiger partial charge in [0.05, 0.1) is 25.9 Å². The van der Waals surface area contributed by atoms with Crippen LogP contribution in [0.25, 0.3) is 0 Å². The maximum absolute atomic E-state index is 6.24. The fourth-order valence-corrected chi connectivity index (χ4v) is 2.62. The molecule has 114 valence electrons. The van der Waals surface area contributed by atoms with E-state index in [0.717, 1.165) is 19.8 Å². The lowest BCUT2D eigenvalue weighted by Gasteiger charge is -2.41. The summed E-state index contributed by atoms with van der Waals surface area (Å²) in [7, 11) is 0. The van der Waals surface area contributed by atoms with Crippen LogP contribution < -0.4 is 0 Å². The highest BCUT2D eigenvalue weighted by Gasteiger charge is 2.37. The molecule has 0 spiro atoms. The van der Waals surface area contributed by atoms with Gasteiger partial charge in [0.1, 0.15) is 0 Å². The van der Waals surface area contributed by atoms with Gasteiger partial charge < -0.3 is 9.47 Å². The average Bonchev–Trinajstić information content (AvgIpc) is 2.39. The second-order valence-corrected chi connectivity index (χ2v) is 6.27. The predicted octanol–water partition coefficient (Wildman–Crippen LogP) is 4.96. The van der Waals surface area contributed by atoms with Crippen LogP contribution in [0.1, 0.15) is 78.6 Å². The van der Waals surface area contributed by atoms with E-state index >= 15 is 0 Å². The topological polar surface area (TPSA) is 18.5 Å². The fourth-order valence-electron chi connectivity index (χ4n) is 2.62. The van der Waals surface area contributed by atoms with E-state index in [2.05, 4.69) is 20.8 Å². The Morgan fingerprint density at radius 2 is 1.63 bits per heavy atom. The molecular formula is C17H34O2. The van der Waals surface area contributed by atoms with Crippen molar-refractivity contribution in [2.75, 3.05) is 19.8 Å². The molecule has 0 N–H and O–H groups in total. The van der Waals surface area contributed by atoms with Gasteiger partial charge in [-0.25, -0.2) is 0 Å². The molecule has 0 aromatic carbocycles. The van der Waals surface area contributed by atoms with Gasteiger partial charge in [-0.1, -0.05) is 59.3 Å². The van der Waals surface area contributed by atoms with Crippen LogP contribution in [-0.2, 0) is 9.47 Å². The minimum atomic E-state index is 0.341. The van der Waals surface area contributed by atoms with Crippen molar-refractivity contribution in [1.82, 2.24) is 0 Å². The number of hydrogen-bond acceptors (Lipinski definition) is 2. The lowest BCUT2D eigenvalue weighted by Crippen LogP contribution is -2.46. The van der Waals surface area contributed by atoms with Crippen LogP contribution in [-0.4, -0.2) is 25.9 Å². The van der Waals surface area contributed by atoms with Gasteiger partial charge in [0.2, 0.25) is 0 Å². The van der Waals surface area contributed by atoms with Gasteiger partial charge in [0.25, 0.3) is 0 Å². The van der Waals surface area contributed by atoms with Crippen molar-refractivity contribution in [2.24, 2.45) is 5.41 Å². The molecule has 1 saturated heterocycles. The maximum Gasteiger partial charge on any atom is 0.0575 e. The molecular weight excluding hydrogens is 236 g/mol. The fraction of sp³-hybridized carbons (Fsp3) is 1.00. The van der Waals surface area contributed by atoms with Gasteiger partial charge in [0, 0.05) is 5.41 Å². The molecule has 0 aliphatic carbocycles. The van der Waals surface area contributed by atoms with Crippen molar-refractivity contribution in [1.29, 1.82) is 0 Å². The molecule has 0 radical (unpaired) electrons. The Labute approximate surface area is 120 Å². The summed E-state index contributed by atoms with van der Waals surface area (Å²) in [6, 6.07) is 0. The first-order valence-corrected chi connectivity index (χ1v) is 8.45. The summed E-state index contributed by atoms with van der Waals surface area (Å²) < 4.78 is 11.6. The molecule has 0 bridgehead atoms. The summed E-state index contributed by atoms with van der Waals surface area (Å²) >= 11 is 0. The third kappa shape index (κ3) is 6.27. The summed E-state index contributed by atoms with van der Waals surface area (Å²) in [5.74, 6) is 0. The summed E-state index contributed by atoms with van der Waals surface area (Å²) in [5, 5.41) is 0. The molecule has 19 heavy (non-hydrogen) atoms. The van der Waals surface area contributed by atoms with Crippen LogP contribution in [0.15, 0.2) is 0 Å². The van der Waals surface area contributed by atoms with Crippen molar-refractivity contribution in [3.05, 3.63) is 0 Å². The van der Waals surface area contributed by atoms with E-state index in [1.807, 2.05) is 0 Å². The second kappa shape index (κ2) is 9.77. The highest BCUT2D eigenvalue weighted by Crippen LogP contribution is 2.32. The van der Waals surface area contributed by atoms with Crippen molar-refractivity contribution < 1.29 is 9.47 Å². The molecule has 2 nitrogen and oxygen atoms in total. The van der Waals surface area contributed by atoms with Crippen LogP contribution in [0.5, 0.6) is 0 Å². The van der Waals surface area contributed by atoms with Gasteiger partial charge in [-0.2, -0.15) is 0 Å². The Bertz CT molecular complexity index is 206. The summed E-state index contributed by atoms with van der Waals surface area (Å²) in [4.78, 5) is 0. The molecule has 1 unspecified atom stereocenters. The molecule has 2 heteroatoms. The van der Waals surface area contributed by atoms with Crippen LogP contribution in [0, 0.1) is 5.41 Å². The molecule has 1 fully saturated rings. The van der Waals surface area contributed by atoms with Crippen LogP contribution in [0.4, 0.5) is 0 Å². The first kappa shape index (κ1) is 17.0. The molecule has 1 rings (SSSR count). The lowest BCUT2D eigenvalue weighted by atomic mass is 9.84. The minimum Gasteiger partial charge on any atom is -0.380 e. The van der Waals surface area contributed by atoms with Gasteiger partial charge >= 0.3 is 0 Å². The number of ether oxygens (including phenoxy) is 2. The zero-order valence-electron chi connectivity index (χ0n) is 13.4. The number of hydrogen-bond donors (Lipinski definition) is 0. The van der Waals surface area contributed by atoms with Crippen LogP contribution in [0.3, 0.4) is 0 Å². The van der Waals surface area contributed by atoms with Gasteiger partial charge in [-0.3, -0.25) is 0 Å². The Morgan fingerprint density at radius 3 is 2.16 bits per heavy atom. The summed E-state index contributed by atoms with van der Waals surface area (Å²) in [6.45, 7) is 9.51. The van der Waals surface area contributed by atoms with Crippen molar-refractivity contribution in [2.45, 2.75) is 84.7 Å². The first-order chi connectivity index (χ1) is 9.26. The minimum absolute atomic E-state index is 0.341. The predicted molar refractivity (Wildman–Crippen MR) is 81.6 cm³/mol. The third-order valence-electron chi connectivity index (χ3n) is 4.45. The van der Waals surface area contributed by atoms with Gasteiger partial charge in [-0.15, -0.1) is 0 Å². The smallest absolute Gasteiger partial charge is 0.0575 e. The summed E-state index contributed by atoms with van der Waals surface area (Å²) in [5.41, 5.74) is 0.341. The Kier molecular flexibility index (Phi) is 8.72. The van der Waals surface area contributed by atoms with Crippen molar-refractivity contribution in [3.8, 4) is 0 Å². The maximum atomic E-state index is 6.24. The quantitative estimate of drug-likeness (QED) is 0.467. The SMILES string of the molecule is CCCCCCC(CCCC)OCC1(CC)COC1. The first-order valence-electron chi connectivity index (χ1n) is 8.45. The Hall–Kier alpha value is -0.0800. The largest absolute Gasteiger partial charge is 0.380 e. The molecule has 0 aromatic heterocycles. The van der Waals surface area contributed by atoms with E-state index in [1.54, 1.807) is 0 Å². The highest BCUT2D eigenvalue weighted by molar-refractivity contribution is 4.84. The number of rotatable bonds is 12. The van der Waals surface area contributed by atoms with E-state index < -0.39 is 0 Å². The standard InChI is InChI=1S/C17H34O2/c1-4-7-9-10-12-16(11-8-5-2)19-15-17(6-3)13-18-14-17/h16H,4-15H2,1-3H3. The van der Waals surface area contributed by atoms with E-state index in [-0.39, 0.29) is 0 Å². The van der Waals surface area contributed by atoms with Crippen molar-refractivity contribution >= 4 is 0 Å². The zero-order valence-corrected chi connectivity index (χ0v) is 13.4. The normalized spacial score (nSPS) is 19.1. The van der Waals surface area contributed by atoms with E-state index in [4.69, 9.17) is 9.47 Å². The Morgan fingerprint density at radius 1 is 0.947 bits per heavy atom. The van der Waals surface area contributed by atoms with Crippen LogP contribution >= 0.6 is 0 Å².